The lowest BCUT2D eigenvalue weighted by Gasteiger charge is -2.08. The molecule has 1 heterocycles. The van der Waals surface area contributed by atoms with Crippen molar-refractivity contribution in [1.82, 2.24) is 4.98 Å². The van der Waals surface area contributed by atoms with Crippen LogP contribution in [0.25, 0.3) is 0 Å². The van der Waals surface area contributed by atoms with E-state index in [0.717, 1.165) is 32.1 Å². The van der Waals surface area contributed by atoms with Gasteiger partial charge >= 0.3 is 0 Å². The second-order valence-corrected chi connectivity index (χ2v) is 3.55. The summed E-state index contributed by atoms with van der Waals surface area (Å²) < 4.78 is 0. The van der Waals surface area contributed by atoms with Gasteiger partial charge in [0.2, 0.25) is 0 Å². The van der Waals surface area contributed by atoms with Gasteiger partial charge in [0.25, 0.3) is 0 Å². The first-order chi connectivity index (χ1) is 6.83. The van der Waals surface area contributed by atoms with Crippen LogP contribution in [0.5, 0.6) is 0 Å². The van der Waals surface area contributed by atoms with Crippen molar-refractivity contribution in [3.63, 3.8) is 0 Å². The summed E-state index contributed by atoms with van der Waals surface area (Å²) >= 11 is 0. The summed E-state index contributed by atoms with van der Waals surface area (Å²) in [5.74, 6) is 0. The lowest BCUT2D eigenvalue weighted by atomic mass is 10.0. The highest BCUT2D eigenvalue weighted by molar-refractivity contribution is 5.08. The summed E-state index contributed by atoms with van der Waals surface area (Å²) in [7, 11) is 0. The van der Waals surface area contributed by atoms with Crippen LogP contribution in [-0.2, 0) is 6.42 Å². The summed E-state index contributed by atoms with van der Waals surface area (Å²) in [5, 5.41) is 9.59. The number of pyridine rings is 1. The summed E-state index contributed by atoms with van der Waals surface area (Å²) in [6, 6.07) is 3.97. The fraction of sp³-hybridized carbons (Fsp3) is 0.500. The fourth-order valence-electron chi connectivity index (χ4n) is 1.40. The summed E-state index contributed by atoms with van der Waals surface area (Å²) in [4.78, 5) is 4.03. The van der Waals surface area contributed by atoms with E-state index in [1.807, 2.05) is 18.3 Å². The molecule has 0 aliphatic heterocycles. The molecule has 1 aromatic heterocycles. The van der Waals surface area contributed by atoms with Crippen molar-refractivity contribution in [2.24, 2.45) is 0 Å². The Morgan fingerprint density at radius 3 is 2.93 bits per heavy atom. The van der Waals surface area contributed by atoms with Crippen LogP contribution >= 0.6 is 0 Å². The fourth-order valence-corrected chi connectivity index (χ4v) is 1.40. The average Bonchev–Trinajstić information content (AvgIpc) is 2.25. The second kappa shape index (κ2) is 6.55. The van der Waals surface area contributed by atoms with E-state index < -0.39 is 0 Å². The molecule has 0 spiro atoms. The van der Waals surface area contributed by atoms with Crippen molar-refractivity contribution < 1.29 is 5.11 Å². The maximum Gasteiger partial charge on any atom is 0.0543 e. The third-order valence-electron chi connectivity index (χ3n) is 2.28. The Morgan fingerprint density at radius 2 is 2.29 bits per heavy atom. The van der Waals surface area contributed by atoms with E-state index >= 15 is 0 Å². The third kappa shape index (κ3) is 4.38. The standard InChI is InChI=1S/C12H18NO/c1-2-3-6-12(14)8-7-11-5-4-9-13-10-11/h4-5,9-10,12,14H,1-3,6-8H2. The molecule has 1 atom stereocenters. The van der Waals surface area contributed by atoms with Gasteiger partial charge in [0, 0.05) is 12.4 Å². The van der Waals surface area contributed by atoms with Gasteiger partial charge in [0.05, 0.1) is 6.10 Å². The highest BCUT2D eigenvalue weighted by Gasteiger charge is 2.03. The van der Waals surface area contributed by atoms with Crippen LogP contribution in [0.1, 0.15) is 31.2 Å². The topological polar surface area (TPSA) is 33.1 Å². The third-order valence-corrected chi connectivity index (χ3v) is 2.28. The molecule has 1 unspecified atom stereocenters. The van der Waals surface area contributed by atoms with Crippen molar-refractivity contribution >= 4 is 0 Å². The van der Waals surface area contributed by atoms with E-state index in [1.165, 1.54) is 5.56 Å². The molecule has 14 heavy (non-hydrogen) atoms. The SMILES string of the molecule is [CH2]CCCC(O)CCc1cccnc1. The van der Waals surface area contributed by atoms with E-state index in [2.05, 4.69) is 11.9 Å². The predicted octanol–water partition coefficient (Wildman–Crippen LogP) is 2.38. The molecule has 0 aliphatic rings. The van der Waals surface area contributed by atoms with Gasteiger partial charge in [-0.1, -0.05) is 25.8 Å². The van der Waals surface area contributed by atoms with Gasteiger partial charge in [-0.3, -0.25) is 4.98 Å². The lowest BCUT2D eigenvalue weighted by molar-refractivity contribution is 0.152. The highest BCUT2D eigenvalue weighted by atomic mass is 16.3. The summed E-state index contributed by atoms with van der Waals surface area (Å²) in [6.07, 6.45) is 7.95. The molecule has 1 N–H and O–H groups in total. The Balaban J connectivity index is 2.20. The number of aliphatic hydroxyl groups is 1. The summed E-state index contributed by atoms with van der Waals surface area (Å²) in [6.45, 7) is 3.75. The molecular weight excluding hydrogens is 174 g/mol. The van der Waals surface area contributed by atoms with Gasteiger partial charge in [-0.25, -0.2) is 0 Å². The molecule has 0 aromatic carbocycles. The molecule has 2 nitrogen and oxygen atoms in total. The van der Waals surface area contributed by atoms with Crippen LogP contribution in [-0.4, -0.2) is 16.2 Å². The lowest BCUT2D eigenvalue weighted by Crippen LogP contribution is -2.07. The molecule has 0 fully saturated rings. The zero-order valence-corrected chi connectivity index (χ0v) is 8.52. The van der Waals surface area contributed by atoms with Crippen LogP contribution < -0.4 is 0 Å². The Labute approximate surface area is 86.0 Å². The molecule has 0 bridgehead atoms. The molecule has 0 amide bonds. The van der Waals surface area contributed by atoms with Crippen LogP contribution in [0.3, 0.4) is 0 Å². The van der Waals surface area contributed by atoms with Gasteiger partial charge in [-0.15, -0.1) is 0 Å². The van der Waals surface area contributed by atoms with E-state index in [1.54, 1.807) is 6.20 Å². The largest absolute Gasteiger partial charge is 0.393 e. The normalized spacial score (nSPS) is 12.7. The number of hydrogen-bond donors (Lipinski definition) is 1. The first kappa shape index (κ1) is 11.2. The molecule has 0 saturated carbocycles. The monoisotopic (exact) mass is 192 g/mol. The summed E-state index contributed by atoms with van der Waals surface area (Å²) in [5.41, 5.74) is 1.20. The second-order valence-electron chi connectivity index (χ2n) is 3.55. The number of rotatable bonds is 6. The number of unbranched alkanes of at least 4 members (excludes halogenated alkanes) is 1. The van der Waals surface area contributed by atoms with Crippen molar-refractivity contribution in [1.29, 1.82) is 0 Å². The molecule has 1 rings (SSSR count). The minimum Gasteiger partial charge on any atom is -0.393 e. The molecule has 1 radical (unpaired) electrons. The first-order valence-electron chi connectivity index (χ1n) is 5.19. The van der Waals surface area contributed by atoms with Crippen molar-refractivity contribution in [3.05, 3.63) is 37.0 Å². The predicted molar refractivity (Wildman–Crippen MR) is 57.8 cm³/mol. The number of aliphatic hydroxyl groups excluding tert-OH is 1. The zero-order chi connectivity index (χ0) is 10.2. The highest BCUT2D eigenvalue weighted by Crippen LogP contribution is 2.08. The smallest absolute Gasteiger partial charge is 0.0543 e. The van der Waals surface area contributed by atoms with E-state index in [4.69, 9.17) is 0 Å². The number of aromatic nitrogens is 1. The molecule has 2 heteroatoms. The number of nitrogens with zero attached hydrogens (tertiary/aromatic N) is 1. The van der Waals surface area contributed by atoms with Gasteiger partial charge < -0.3 is 5.11 Å². The quantitative estimate of drug-likeness (QED) is 0.750. The first-order valence-corrected chi connectivity index (χ1v) is 5.19. The molecule has 1 aromatic rings. The maximum atomic E-state index is 9.59. The molecule has 0 saturated heterocycles. The molecule has 0 aliphatic carbocycles. The maximum absolute atomic E-state index is 9.59. The Kier molecular flexibility index (Phi) is 5.23. The minimum atomic E-state index is -0.183. The zero-order valence-electron chi connectivity index (χ0n) is 8.52. The van der Waals surface area contributed by atoms with E-state index in [0.29, 0.717) is 0 Å². The van der Waals surface area contributed by atoms with Gasteiger partial charge in [-0.2, -0.15) is 0 Å². The minimum absolute atomic E-state index is 0.183. The van der Waals surface area contributed by atoms with Crippen molar-refractivity contribution in [2.75, 3.05) is 0 Å². The Morgan fingerprint density at radius 1 is 1.43 bits per heavy atom. The van der Waals surface area contributed by atoms with Crippen LogP contribution in [0.15, 0.2) is 24.5 Å². The van der Waals surface area contributed by atoms with Crippen LogP contribution in [0, 0.1) is 6.92 Å². The van der Waals surface area contributed by atoms with Gasteiger partial charge in [-0.05, 0) is 30.9 Å². The molecule has 77 valence electrons. The van der Waals surface area contributed by atoms with E-state index in [9.17, 15) is 5.11 Å². The van der Waals surface area contributed by atoms with Crippen molar-refractivity contribution in [3.8, 4) is 0 Å². The Hall–Kier alpha value is -0.890. The number of aryl methyl sites for hydroxylation is 1. The average molecular weight is 192 g/mol. The van der Waals surface area contributed by atoms with Crippen LogP contribution in [0.4, 0.5) is 0 Å². The van der Waals surface area contributed by atoms with Crippen LogP contribution in [0.2, 0.25) is 0 Å². The Bertz CT molecular complexity index is 235. The van der Waals surface area contributed by atoms with Crippen molar-refractivity contribution in [2.45, 2.75) is 38.2 Å². The van der Waals surface area contributed by atoms with E-state index in [-0.39, 0.29) is 6.10 Å². The number of hydrogen-bond acceptors (Lipinski definition) is 2. The van der Waals surface area contributed by atoms with Gasteiger partial charge in [0.15, 0.2) is 0 Å². The molecular formula is C12H18NO. The van der Waals surface area contributed by atoms with Gasteiger partial charge in [0.1, 0.15) is 0 Å².